The molecule has 4 heteroatoms. The first-order chi connectivity index (χ1) is 8.58. The Balaban J connectivity index is 2.08. The molecule has 1 aromatic heterocycles. The normalized spacial score (nSPS) is 27.8. The quantitative estimate of drug-likeness (QED) is 0.853. The molecule has 0 spiro atoms. The van der Waals surface area contributed by atoms with Gasteiger partial charge in [0.05, 0.1) is 17.9 Å². The van der Waals surface area contributed by atoms with E-state index >= 15 is 0 Å². The van der Waals surface area contributed by atoms with Crippen molar-refractivity contribution in [2.75, 3.05) is 0 Å². The Morgan fingerprint density at radius 1 is 1.39 bits per heavy atom. The molecular formula is C14H20N2OS. The van der Waals surface area contributed by atoms with Gasteiger partial charge in [-0.2, -0.15) is 0 Å². The summed E-state index contributed by atoms with van der Waals surface area (Å²) in [6.45, 7) is 4.60. The fourth-order valence-electron chi connectivity index (χ4n) is 2.46. The fraction of sp³-hybridized carbons (Fsp3) is 0.571. The van der Waals surface area contributed by atoms with Crippen LogP contribution in [0.25, 0.3) is 0 Å². The molecule has 2 N–H and O–H groups in total. The van der Waals surface area contributed by atoms with Crippen LogP contribution in [0.3, 0.4) is 0 Å². The summed E-state index contributed by atoms with van der Waals surface area (Å²) in [7, 11) is 0. The lowest BCUT2D eigenvalue weighted by Crippen LogP contribution is -2.29. The van der Waals surface area contributed by atoms with Gasteiger partial charge >= 0.3 is 0 Å². The topological polar surface area (TPSA) is 48.1 Å². The average Bonchev–Trinajstić information content (AvgIpc) is 2.34. The number of thiocarbonyl (C=S) groups is 1. The van der Waals surface area contributed by atoms with E-state index in [0.717, 1.165) is 30.1 Å². The van der Waals surface area contributed by atoms with Crippen molar-refractivity contribution in [3.8, 4) is 5.75 Å². The molecule has 3 nitrogen and oxygen atoms in total. The van der Waals surface area contributed by atoms with Crippen LogP contribution in [0, 0.1) is 11.8 Å². The highest BCUT2D eigenvalue weighted by atomic mass is 32.1. The van der Waals surface area contributed by atoms with Crippen LogP contribution in [-0.2, 0) is 0 Å². The first kappa shape index (κ1) is 13.3. The molecule has 0 aliphatic heterocycles. The number of rotatable bonds is 3. The highest BCUT2D eigenvalue weighted by Crippen LogP contribution is 2.32. The second-order valence-electron chi connectivity index (χ2n) is 5.24. The summed E-state index contributed by atoms with van der Waals surface area (Å²) in [6, 6.07) is 1.81. The predicted octanol–water partition coefficient (Wildman–Crippen LogP) is 2.92. The zero-order valence-electron chi connectivity index (χ0n) is 10.9. The van der Waals surface area contributed by atoms with Crippen molar-refractivity contribution >= 4 is 17.2 Å². The number of pyridine rings is 1. The minimum Gasteiger partial charge on any atom is -0.488 e. The van der Waals surface area contributed by atoms with Gasteiger partial charge in [0.1, 0.15) is 10.7 Å². The molecule has 18 heavy (non-hydrogen) atoms. The molecule has 0 aromatic carbocycles. The van der Waals surface area contributed by atoms with Gasteiger partial charge in [0.25, 0.3) is 0 Å². The summed E-state index contributed by atoms with van der Waals surface area (Å²) < 4.78 is 6.04. The number of nitrogens with two attached hydrogens (primary N) is 1. The molecule has 0 saturated heterocycles. The summed E-state index contributed by atoms with van der Waals surface area (Å²) in [6.07, 6.45) is 7.05. The monoisotopic (exact) mass is 264 g/mol. The maximum atomic E-state index is 6.04. The molecule has 1 aliphatic carbocycles. The van der Waals surface area contributed by atoms with E-state index in [9.17, 15) is 0 Å². The van der Waals surface area contributed by atoms with Crippen LogP contribution < -0.4 is 10.5 Å². The zero-order chi connectivity index (χ0) is 13.1. The van der Waals surface area contributed by atoms with E-state index in [4.69, 9.17) is 22.7 Å². The third-order valence-corrected chi connectivity index (χ3v) is 4.11. The third-order valence-electron chi connectivity index (χ3n) is 3.89. The van der Waals surface area contributed by atoms with Gasteiger partial charge in [-0.25, -0.2) is 0 Å². The molecule has 1 aliphatic rings. The lowest BCUT2D eigenvalue weighted by atomic mass is 9.80. The molecule has 1 heterocycles. The van der Waals surface area contributed by atoms with Crippen LogP contribution in [0.15, 0.2) is 18.5 Å². The smallest absolute Gasteiger partial charge is 0.148 e. The Bertz CT molecular complexity index is 436. The molecular weight excluding hydrogens is 244 g/mol. The molecule has 1 saturated carbocycles. The first-order valence-corrected chi connectivity index (χ1v) is 6.89. The summed E-state index contributed by atoms with van der Waals surface area (Å²) in [5, 5.41) is 0. The largest absolute Gasteiger partial charge is 0.488 e. The van der Waals surface area contributed by atoms with E-state index in [1.807, 2.05) is 6.07 Å². The highest BCUT2D eigenvalue weighted by Gasteiger charge is 2.26. The maximum Gasteiger partial charge on any atom is 0.148 e. The van der Waals surface area contributed by atoms with Crippen LogP contribution in [-0.4, -0.2) is 16.1 Å². The highest BCUT2D eigenvalue weighted by molar-refractivity contribution is 7.80. The molecule has 0 bridgehead atoms. The minimum absolute atomic E-state index is 0.258. The van der Waals surface area contributed by atoms with Gasteiger partial charge in [-0.3, -0.25) is 4.98 Å². The number of hydrogen-bond acceptors (Lipinski definition) is 3. The Labute approximate surface area is 114 Å². The predicted molar refractivity (Wildman–Crippen MR) is 76.7 cm³/mol. The average molecular weight is 264 g/mol. The SMILES string of the molecule is CC1CCC(Oc2cnccc2C(N)=S)CC1C. The Morgan fingerprint density at radius 2 is 2.17 bits per heavy atom. The van der Waals surface area contributed by atoms with Gasteiger partial charge in [-0.15, -0.1) is 0 Å². The van der Waals surface area contributed by atoms with E-state index in [2.05, 4.69) is 18.8 Å². The molecule has 3 atom stereocenters. The van der Waals surface area contributed by atoms with Crippen molar-refractivity contribution in [2.45, 2.75) is 39.2 Å². The van der Waals surface area contributed by atoms with Crippen molar-refractivity contribution in [2.24, 2.45) is 17.6 Å². The second-order valence-corrected chi connectivity index (χ2v) is 5.68. The summed E-state index contributed by atoms with van der Waals surface area (Å²) >= 11 is 5.03. The van der Waals surface area contributed by atoms with Gasteiger partial charge in [0, 0.05) is 6.20 Å². The van der Waals surface area contributed by atoms with Crippen molar-refractivity contribution in [1.29, 1.82) is 0 Å². The molecule has 0 radical (unpaired) electrons. The maximum absolute atomic E-state index is 6.04. The van der Waals surface area contributed by atoms with Crippen LogP contribution in [0.2, 0.25) is 0 Å². The number of nitrogens with zero attached hydrogens (tertiary/aromatic N) is 1. The molecule has 1 fully saturated rings. The number of hydrogen-bond donors (Lipinski definition) is 1. The van der Waals surface area contributed by atoms with Crippen molar-refractivity contribution in [1.82, 2.24) is 4.98 Å². The van der Waals surface area contributed by atoms with Gasteiger partial charge in [0.2, 0.25) is 0 Å². The number of ether oxygens (including phenoxy) is 1. The third kappa shape index (κ3) is 2.99. The van der Waals surface area contributed by atoms with Crippen LogP contribution >= 0.6 is 12.2 Å². The van der Waals surface area contributed by atoms with E-state index in [0.29, 0.717) is 10.9 Å². The molecule has 3 unspecified atom stereocenters. The lowest BCUT2D eigenvalue weighted by molar-refractivity contribution is 0.100. The summed E-state index contributed by atoms with van der Waals surface area (Å²) in [4.78, 5) is 4.45. The van der Waals surface area contributed by atoms with Crippen molar-refractivity contribution in [3.05, 3.63) is 24.0 Å². The van der Waals surface area contributed by atoms with E-state index < -0.39 is 0 Å². The van der Waals surface area contributed by atoms with E-state index in [-0.39, 0.29) is 6.10 Å². The molecule has 1 aromatic rings. The van der Waals surface area contributed by atoms with Crippen LogP contribution in [0.1, 0.15) is 38.7 Å². The van der Waals surface area contributed by atoms with Gasteiger partial charge < -0.3 is 10.5 Å². The van der Waals surface area contributed by atoms with E-state index in [1.54, 1.807) is 12.4 Å². The summed E-state index contributed by atoms with van der Waals surface area (Å²) in [5.74, 6) is 2.21. The van der Waals surface area contributed by atoms with Crippen molar-refractivity contribution in [3.63, 3.8) is 0 Å². The Kier molecular flexibility index (Phi) is 4.17. The van der Waals surface area contributed by atoms with Crippen LogP contribution in [0.4, 0.5) is 0 Å². The van der Waals surface area contributed by atoms with Crippen molar-refractivity contribution < 1.29 is 4.74 Å². The molecule has 98 valence electrons. The van der Waals surface area contributed by atoms with Gasteiger partial charge in [-0.1, -0.05) is 26.1 Å². The van der Waals surface area contributed by atoms with Gasteiger partial charge in [0.15, 0.2) is 0 Å². The number of aromatic nitrogens is 1. The molecule has 2 rings (SSSR count). The van der Waals surface area contributed by atoms with E-state index in [1.165, 1.54) is 6.42 Å². The minimum atomic E-state index is 0.258. The first-order valence-electron chi connectivity index (χ1n) is 6.48. The lowest BCUT2D eigenvalue weighted by Gasteiger charge is -2.32. The standard InChI is InChI=1S/C14H20N2OS/c1-9-3-4-11(7-10(9)2)17-13-8-16-6-5-12(13)14(15)18/h5-6,8-11H,3-4,7H2,1-2H3,(H2,15,18). The zero-order valence-corrected chi connectivity index (χ0v) is 11.7. The molecule has 0 amide bonds. The van der Waals surface area contributed by atoms with Crippen LogP contribution in [0.5, 0.6) is 5.75 Å². The Morgan fingerprint density at radius 3 is 2.83 bits per heavy atom. The second kappa shape index (κ2) is 5.65. The summed E-state index contributed by atoms with van der Waals surface area (Å²) in [5.41, 5.74) is 6.48. The Hall–Kier alpha value is -1.16. The fourth-order valence-corrected chi connectivity index (χ4v) is 2.63. The van der Waals surface area contributed by atoms with Gasteiger partial charge in [-0.05, 0) is 37.2 Å².